The van der Waals surface area contributed by atoms with Crippen LogP contribution in [0.2, 0.25) is 5.15 Å². The summed E-state index contributed by atoms with van der Waals surface area (Å²) in [7, 11) is 0. The molecule has 0 amide bonds. The van der Waals surface area contributed by atoms with Gasteiger partial charge in [0.25, 0.3) is 0 Å². The van der Waals surface area contributed by atoms with E-state index in [-0.39, 0.29) is 0 Å². The van der Waals surface area contributed by atoms with Crippen LogP contribution in [-0.2, 0) is 0 Å². The zero-order valence-electron chi connectivity index (χ0n) is 7.24. The number of fused-ring (bicyclic) bond motifs is 1. The summed E-state index contributed by atoms with van der Waals surface area (Å²) in [5.41, 5.74) is 3.15. The maximum Gasteiger partial charge on any atom is 0.137 e. The summed E-state index contributed by atoms with van der Waals surface area (Å²) < 4.78 is 0. The number of benzene rings is 1. The molecule has 70 valence electrons. The van der Waals surface area contributed by atoms with Crippen LogP contribution in [-0.4, -0.2) is 4.98 Å². The number of pyridine rings is 1. The fourth-order valence-electron chi connectivity index (χ4n) is 1.29. The van der Waals surface area contributed by atoms with Gasteiger partial charge in [0.1, 0.15) is 5.15 Å². The molecule has 3 heteroatoms. The predicted octanol–water partition coefficient (Wildman–Crippen LogP) is 4.10. The third kappa shape index (κ3) is 1.74. The Kier molecular flexibility index (Phi) is 2.71. The maximum atomic E-state index is 5.96. The first-order valence-corrected chi connectivity index (χ1v) is 4.95. The number of hydrogen-bond donors (Lipinski definition) is 0. The number of para-hydroxylation sites is 1. The maximum absolute atomic E-state index is 5.96. The Bertz CT molecular complexity index is 492. The van der Waals surface area contributed by atoms with Crippen molar-refractivity contribution in [2.75, 3.05) is 0 Å². The van der Waals surface area contributed by atoms with E-state index in [1.807, 2.05) is 30.3 Å². The second-order valence-electron chi connectivity index (χ2n) is 2.85. The Balaban J connectivity index is 2.70. The SMILES string of the molecule is ClC=Cc1cc2ccccc2nc1Cl. The van der Waals surface area contributed by atoms with Crippen LogP contribution in [0.5, 0.6) is 0 Å². The third-order valence-corrected chi connectivity index (χ3v) is 2.38. The Morgan fingerprint density at radius 1 is 1.21 bits per heavy atom. The van der Waals surface area contributed by atoms with E-state index in [0.29, 0.717) is 5.15 Å². The minimum Gasteiger partial charge on any atom is -0.235 e. The summed E-state index contributed by atoms with van der Waals surface area (Å²) in [5, 5.41) is 1.53. The van der Waals surface area contributed by atoms with E-state index in [9.17, 15) is 0 Å². The number of nitrogens with zero attached hydrogens (tertiary/aromatic N) is 1. The van der Waals surface area contributed by atoms with Crippen molar-refractivity contribution in [3.8, 4) is 0 Å². The van der Waals surface area contributed by atoms with Crippen molar-refractivity contribution >= 4 is 40.2 Å². The van der Waals surface area contributed by atoms with Gasteiger partial charge in [0.05, 0.1) is 5.52 Å². The molecule has 0 fully saturated rings. The van der Waals surface area contributed by atoms with Gasteiger partial charge < -0.3 is 0 Å². The second-order valence-corrected chi connectivity index (χ2v) is 3.46. The molecule has 0 atom stereocenters. The Hall–Kier alpha value is -1.05. The molecular formula is C11H7Cl2N. The highest BCUT2D eigenvalue weighted by atomic mass is 35.5. The fourth-order valence-corrected chi connectivity index (χ4v) is 1.64. The first-order valence-electron chi connectivity index (χ1n) is 4.13. The molecule has 0 N–H and O–H groups in total. The molecule has 0 radical (unpaired) electrons. The van der Waals surface area contributed by atoms with E-state index in [4.69, 9.17) is 23.2 Å². The molecule has 0 spiro atoms. The van der Waals surface area contributed by atoms with Gasteiger partial charge in [0, 0.05) is 16.5 Å². The average molecular weight is 224 g/mol. The van der Waals surface area contributed by atoms with Crippen molar-refractivity contribution in [2.24, 2.45) is 0 Å². The standard InChI is InChI=1S/C11H7Cl2N/c12-6-5-9-7-8-3-1-2-4-10(8)14-11(9)13/h1-7H. The summed E-state index contributed by atoms with van der Waals surface area (Å²) >= 11 is 11.5. The van der Waals surface area contributed by atoms with Gasteiger partial charge in [-0.2, -0.15) is 0 Å². The number of halogens is 2. The van der Waals surface area contributed by atoms with Crippen LogP contribution in [0.1, 0.15) is 5.56 Å². The van der Waals surface area contributed by atoms with E-state index < -0.39 is 0 Å². The summed E-state index contributed by atoms with van der Waals surface area (Å²) in [6.45, 7) is 0. The molecule has 1 heterocycles. The molecule has 0 saturated heterocycles. The highest BCUT2D eigenvalue weighted by molar-refractivity contribution is 6.32. The third-order valence-electron chi connectivity index (χ3n) is 1.95. The van der Waals surface area contributed by atoms with E-state index in [1.165, 1.54) is 5.54 Å². The van der Waals surface area contributed by atoms with Crippen molar-refractivity contribution in [1.29, 1.82) is 0 Å². The normalized spacial score (nSPS) is 11.3. The molecule has 14 heavy (non-hydrogen) atoms. The van der Waals surface area contributed by atoms with Crippen LogP contribution >= 0.6 is 23.2 Å². The molecule has 0 aliphatic heterocycles. The van der Waals surface area contributed by atoms with Gasteiger partial charge in [-0.05, 0) is 18.2 Å². The quantitative estimate of drug-likeness (QED) is 0.664. The van der Waals surface area contributed by atoms with Crippen LogP contribution in [0.3, 0.4) is 0 Å². The number of aromatic nitrogens is 1. The highest BCUT2D eigenvalue weighted by Crippen LogP contribution is 2.21. The van der Waals surface area contributed by atoms with Gasteiger partial charge in [0.2, 0.25) is 0 Å². The van der Waals surface area contributed by atoms with Crippen molar-refractivity contribution in [1.82, 2.24) is 4.98 Å². The zero-order valence-corrected chi connectivity index (χ0v) is 8.76. The van der Waals surface area contributed by atoms with E-state index in [2.05, 4.69) is 4.98 Å². The highest BCUT2D eigenvalue weighted by Gasteiger charge is 2.00. The van der Waals surface area contributed by atoms with Gasteiger partial charge in [-0.3, -0.25) is 0 Å². The van der Waals surface area contributed by atoms with Crippen molar-refractivity contribution < 1.29 is 0 Å². The Morgan fingerprint density at radius 3 is 2.79 bits per heavy atom. The molecule has 0 saturated carbocycles. The molecule has 0 unspecified atom stereocenters. The lowest BCUT2D eigenvalue weighted by Crippen LogP contribution is -1.83. The van der Waals surface area contributed by atoms with Crippen LogP contribution < -0.4 is 0 Å². The van der Waals surface area contributed by atoms with Gasteiger partial charge in [-0.15, -0.1) is 0 Å². The first-order chi connectivity index (χ1) is 6.81. The molecular weight excluding hydrogens is 217 g/mol. The first kappa shape index (κ1) is 9.50. The average Bonchev–Trinajstić information content (AvgIpc) is 2.19. The fraction of sp³-hybridized carbons (Fsp3) is 0. The summed E-state index contributed by atoms with van der Waals surface area (Å²) in [6, 6.07) is 9.78. The number of rotatable bonds is 1. The lowest BCUT2D eigenvalue weighted by Gasteiger charge is -2.00. The van der Waals surface area contributed by atoms with Crippen molar-refractivity contribution in [3.05, 3.63) is 46.6 Å². The molecule has 1 nitrogen and oxygen atoms in total. The molecule has 0 aliphatic rings. The summed E-state index contributed by atoms with van der Waals surface area (Å²) in [5.74, 6) is 0. The molecule has 2 rings (SSSR count). The van der Waals surface area contributed by atoms with Crippen LogP contribution in [0, 0.1) is 0 Å². The minimum absolute atomic E-state index is 0.473. The summed E-state index contributed by atoms with van der Waals surface area (Å²) in [6.07, 6.45) is 1.73. The zero-order chi connectivity index (χ0) is 9.97. The molecule has 1 aromatic heterocycles. The van der Waals surface area contributed by atoms with Gasteiger partial charge in [-0.25, -0.2) is 4.98 Å². The van der Waals surface area contributed by atoms with Gasteiger partial charge in [0.15, 0.2) is 0 Å². The van der Waals surface area contributed by atoms with Crippen LogP contribution in [0.25, 0.3) is 17.0 Å². The molecule has 1 aromatic carbocycles. The smallest absolute Gasteiger partial charge is 0.137 e. The monoisotopic (exact) mass is 223 g/mol. The van der Waals surface area contributed by atoms with Crippen LogP contribution in [0.15, 0.2) is 35.9 Å². The topological polar surface area (TPSA) is 12.9 Å². The van der Waals surface area contributed by atoms with Crippen molar-refractivity contribution in [3.63, 3.8) is 0 Å². The molecule has 2 aromatic rings. The van der Waals surface area contributed by atoms with Gasteiger partial charge in [-0.1, -0.05) is 41.4 Å². The largest absolute Gasteiger partial charge is 0.235 e. The van der Waals surface area contributed by atoms with Gasteiger partial charge >= 0.3 is 0 Å². The second kappa shape index (κ2) is 3.99. The van der Waals surface area contributed by atoms with Crippen LogP contribution in [0.4, 0.5) is 0 Å². The Labute approximate surface area is 92.0 Å². The predicted molar refractivity (Wildman–Crippen MR) is 61.6 cm³/mol. The summed E-state index contributed by atoms with van der Waals surface area (Å²) in [4.78, 5) is 4.25. The van der Waals surface area contributed by atoms with E-state index in [1.54, 1.807) is 6.08 Å². The lowest BCUT2D eigenvalue weighted by molar-refractivity contribution is 1.40. The number of hydrogen-bond acceptors (Lipinski definition) is 1. The lowest BCUT2D eigenvalue weighted by atomic mass is 10.1. The van der Waals surface area contributed by atoms with Crippen molar-refractivity contribution in [2.45, 2.75) is 0 Å². The molecule has 0 aliphatic carbocycles. The van der Waals surface area contributed by atoms with E-state index in [0.717, 1.165) is 16.5 Å². The molecule has 0 bridgehead atoms. The Morgan fingerprint density at radius 2 is 2.00 bits per heavy atom. The van der Waals surface area contributed by atoms with E-state index >= 15 is 0 Å². The minimum atomic E-state index is 0.473.